The van der Waals surface area contributed by atoms with E-state index in [0.717, 1.165) is 16.1 Å². The summed E-state index contributed by atoms with van der Waals surface area (Å²) in [7, 11) is 1.18. The smallest absolute Gasteiger partial charge is 0.356 e. The Bertz CT molecular complexity index is 1000. The first-order valence-electron chi connectivity index (χ1n) is 7.69. The van der Waals surface area contributed by atoms with E-state index in [-0.39, 0.29) is 28.5 Å². The monoisotopic (exact) mass is 375 g/mol. The normalized spacial score (nSPS) is 10.2. The molecule has 0 aliphatic carbocycles. The summed E-state index contributed by atoms with van der Waals surface area (Å²) >= 11 is 0. The van der Waals surface area contributed by atoms with Crippen LogP contribution in [0.3, 0.4) is 0 Å². The van der Waals surface area contributed by atoms with Crippen molar-refractivity contribution in [1.29, 1.82) is 0 Å². The lowest BCUT2D eigenvalue weighted by Gasteiger charge is -2.04. The zero-order valence-corrected chi connectivity index (χ0v) is 14.6. The second kappa shape index (κ2) is 8.23. The van der Waals surface area contributed by atoms with E-state index in [1.54, 1.807) is 19.1 Å². The number of fused-ring (bicyclic) bond motifs is 1. The molecule has 0 aliphatic heterocycles. The van der Waals surface area contributed by atoms with Crippen LogP contribution in [0, 0.1) is 12.7 Å². The molecule has 10 heteroatoms. The highest BCUT2D eigenvalue weighted by atomic mass is 19.1. The minimum atomic E-state index is -1.27. The maximum atomic E-state index is 12.6. The van der Waals surface area contributed by atoms with Crippen molar-refractivity contribution in [1.82, 2.24) is 14.6 Å². The fourth-order valence-corrected chi connectivity index (χ4v) is 2.17. The van der Waals surface area contributed by atoms with Crippen molar-refractivity contribution in [2.24, 2.45) is 5.73 Å². The largest absolute Gasteiger partial charge is 0.477 e. The van der Waals surface area contributed by atoms with E-state index in [9.17, 15) is 14.0 Å². The lowest BCUT2D eigenvalue weighted by molar-refractivity contribution is 0.0590. The summed E-state index contributed by atoms with van der Waals surface area (Å²) in [4.78, 5) is 26.1. The summed E-state index contributed by atoms with van der Waals surface area (Å²) in [6.45, 7) is 2.20. The van der Waals surface area contributed by atoms with Gasteiger partial charge in [0.2, 0.25) is 0 Å². The van der Waals surface area contributed by atoms with Crippen LogP contribution in [-0.2, 0) is 11.3 Å². The highest BCUT2D eigenvalue weighted by Crippen LogP contribution is 2.14. The standard InChI is InChI=1S/C9H8N4O4.C8H10FN/c1-17-9(16)6-2-5(8(14)15)12-7-4(10)3-11-13(6)7;1-6-4-7(5-10)2-3-8(6)9/h2-3H,10H2,1H3,(H,14,15);2-4H,5,10H2,1H3. The Morgan fingerprint density at radius 2 is 2.04 bits per heavy atom. The van der Waals surface area contributed by atoms with Crippen LogP contribution in [0.4, 0.5) is 10.1 Å². The van der Waals surface area contributed by atoms with E-state index in [2.05, 4.69) is 14.8 Å². The van der Waals surface area contributed by atoms with Gasteiger partial charge in [-0.1, -0.05) is 12.1 Å². The molecule has 5 N–H and O–H groups in total. The van der Waals surface area contributed by atoms with Crippen LogP contribution in [0.5, 0.6) is 0 Å². The summed E-state index contributed by atoms with van der Waals surface area (Å²) in [6.07, 6.45) is 1.28. The van der Waals surface area contributed by atoms with Crippen LogP contribution in [0.1, 0.15) is 32.1 Å². The summed E-state index contributed by atoms with van der Waals surface area (Å²) in [6, 6.07) is 5.98. The number of rotatable bonds is 3. The van der Waals surface area contributed by atoms with E-state index in [1.165, 1.54) is 19.4 Å². The third kappa shape index (κ3) is 4.36. The van der Waals surface area contributed by atoms with Crippen molar-refractivity contribution in [2.45, 2.75) is 13.5 Å². The number of aromatic carboxylic acids is 1. The van der Waals surface area contributed by atoms with Gasteiger partial charge in [0.1, 0.15) is 5.82 Å². The van der Waals surface area contributed by atoms with Gasteiger partial charge in [-0.3, -0.25) is 0 Å². The Balaban J connectivity index is 0.000000223. The maximum Gasteiger partial charge on any atom is 0.356 e. The second-order valence-electron chi connectivity index (χ2n) is 5.45. The Morgan fingerprint density at radius 1 is 1.33 bits per heavy atom. The van der Waals surface area contributed by atoms with Gasteiger partial charge in [-0.15, -0.1) is 0 Å². The number of carbonyl (C=O) groups is 2. The molecule has 0 saturated carbocycles. The van der Waals surface area contributed by atoms with Crippen LogP contribution in [0.15, 0.2) is 30.5 Å². The molecule has 0 fully saturated rings. The number of ether oxygens (including phenoxy) is 1. The number of halogens is 1. The van der Waals surface area contributed by atoms with Gasteiger partial charge in [-0.05, 0) is 24.1 Å². The number of aryl methyl sites for hydroxylation is 1. The Labute approximate surface area is 153 Å². The molecule has 3 aromatic rings. The van der Waals surface area contributed by atoms with Crippen LogP contribution in [-0.4, -0.2) is 38.8 Å². The van der Waals surface area contributed by atoms with Crippen molar-refractivity contribution in [3.05, 3.63) is 58.8 Å². The number of esters is 1. The highest BCUT2D eigenvalue weighted by molar-refractivity contribution is 5.93. The molecule has 9 nitrogen and oxygen atoms in total. The molecule has 1 aromatic carbocycles. The van der Waals surface area contributed by atoms with Gasteiger partial charge < -0.3 is 21.3 Å². The van der Waals surface area contributed by atoms with Crippen molar-refractivity contribution >= 4 is 23.3 Å². The second-order valence-corrected chi connectivity index (χ2v) is 5.45. The molecular formula is C17H18FN5O4. The molecule has 2 heterocycles. The van der Waals surface area contributed by atoms with Gasteiger partial charge in [0.25, 0.3) is 0 Å². The van der Waals surface area contributed by atoms with Gasteiger partial charge in [0.05, 0.1) is 19.0 Å². The predicted molar refractivity (Wildman–Crippen MR) is 94.7 cm³/mol. The number of nitrogen functional groups attached to an aromatic ring is 1. The summed E-state index contributed by atoms with van der Waals surface area (Å²) < 4.78 is 18.3. The van der Waals surface area contributed by atoms with Crippen molar-refractivity contribution in [3.63, 3.8) is 0 Å². The Morgan fingerprint density at radius 3 is 2.59 bits per heavy atom. The van der Waals surface area contributed by atoms with Gasteiger partial charge >= 0.3 is 11.9 Å². The minimum Gasteiger partial charge on any atom is -0.477 e. The number of nitrogens with two attached hydrogens (primary N) is 2. The summed E-state index contributed by atoms with van der Waals surface area (Å²) in [5.74, 6) is -2.15. The van der Waals surface area contributed by atoms with E-state index >= 15 is 0 Å². The van der Waals surface area contributed by atoms with Crippen molar-refractivity contribution in [2.75, 3.05) is 12.8 Å². The number of benzene rings is 1. The number of hydrogen-bond acceptors (Lipinski definition) is 7. The molecule has 0 amide bonds. The predicted octanol–water partition coefficient (Wildman–Crippen LogP) is 1.39. The minimum absolute atomic E-state index is 0.0494. The third-order valence-corrected chi connectivity index (χ3v) is 3.57. The number of carboxylic acid groups (broad SMARTS) is 1. The molecule has 142 valence electrons. The van der Waals surface area contributed by atoms with Crippen LogP contribution in [0.2, 0.25) is 0 Å². The van der Waals surface area contributed by atoms with Crippen LogP contribution < -0.4 is 11.5 Å². The first kappa shape index (κ1) is 19.8. The molecule has 0 atom stereocenters. The summed E-state index contributed by atoms with van der Waals surface area (Å²) in [5, 5.41) is 12.7. The number of methoxy groups -OCH3 is 1. The summed E-state index contributed by atoms with van der Waals surface area (Å²) in [5.41, 5.74) is 12.5. The lowest BCUT2D eigenvalue weighted by Crippen LogP contribution is -2.13. The molecule has 27 heavy (non-hydrogen) atoms. The van der Waals surface area contributed by atoms with E-state index in [4.69, 9.17) is 16.6 Å². The fraction of sp³-hybridized carbons (Fsp3) is 0.176. The number of carbonyl (C=O) groups excluding carboxylic acids is 1. The molecule has 0 spiro atoms. The molecule has 0 bridgehead atoms. The number of aromatic nitrogens is 3. The van der Waals surface area contributed by atoms with Crippen LogP contribution in [0.25, 0.3) is 5.65 Å². The first-order chi connectivity index (χ1) is 12.8. The van der Waals surface area contributed by atoms with Gasteiger partial charge in [0, 0.05) is 12.6 Å². The zero-order chi connectivity index (χ0) is 20.1. The number of carboxylic acids is 1. The number of anilines is 1. The molecule has 2 aromatic heterocycles. The topological polar surface area (TPSA) is 146 Å². The van der Waals surface area contributed by atoms with E-state index in [0.29, 0.717) is 12.1 Å². The number of hydrogen-bond donors (Lipinski definition) is 3. The molecule has 0 aliphatic rings. The Hall–Kier alpha value is -3.53. The maximum absolute atomic E-state index is 12.6. The first-order valence-corrected chi connectivity index (χ1v) is 7.69. The SMILES string of the molecule is COC(=O)c1cc(C(=O)O)nc2c(N)cnn12.Cc1cc(CN)ccc1F. The molecule has 0 unspecified atom stereocenters. The fourth-order valence-electron chi connectivity index (χ4n) is 2.17. The van der Waals surface area contributed by atoms with Crippen LogP contribution >= 0.6 is 0 Å². The van der Waals surface area contributed by atoms with Gasteiger partial charge in [0.15, 0.2) is 17.0 Å². The average Bonchev–Trinajstić information content (AvgIpc) is 3.04. The molecule has 0 radical (unpaired) electrons. The molecular weight excluding hydrogens is 357 g/mol. The van der Waals surface area contributed by atoms with Gasteiger partial charge in [-0.25, -0.2) is 23.5 Å². The van der Waals surface area contributed by atoms with E-state index in [1.807, 2.05) is 0 Å². The lowest BCUT2D eigenvalue weighted by atomic mass is 10.1. The van der Waals surface area contributed by atoms with Crippen molar-refractivity contribution < 1.29 is 23.8 Å². The highest BCUT2D eigenvalue weighted by Gasteiger charge is 2.18. The van der Waals surface area contributed by atoms with Crippen molar-refractivity contribution in [3.8, 4) is 0 Å². The molecule has 0 saturated heterocycles. The number of nitrogens with zero attached hydrogens (tertiary/aromatic N) is 3. The van der Waals surface area contributed by atoms with Gasteiger partial charge in [-0.2, -0.15) is 5.10 Å². The third-order valence-electron chi connectivity index (χ3n) is 3.57. The average molecular weight is 375 g/mol. The zero-order valence-electron chi connectivity index (χ0n) is 14.6. The quantitative estimate of drug-likeness (QED) is 0.582. The Kier molecular flexibility index (Phi) is 6.03. The van der Waals surface area contributed by atoms with E-state index < -0.39 is 11.9 Å². The molecule has 3 rings (SSSR count).